The van der Waals surface area contributed by atoms with Gasteiger partial charge in [0.2, 0.25) is 0 Å². The van der Waals surface area contributed by atoms with Gasteiger partial charge in [-0.1, -0.05) is 0 Å². The Morgan fingerprint density at radius 1 is 1.33 bits per heavy atom. The average molecular weight is 254 g/mol. The lowest BCUT2D eigenvalue weighted by atomic mass is 10.0. The first-order chi connectivity index (χ1) is 8.47. The Balaban J connectivity index is 3.10. The number of hydrogen-bond donors (Lipinski definition) is 1. The van der Waals surface area contributed by atoms with Crippen LogP contribution in [0.2, 0.25) is 0 Å². The van der Waals surface area contributed by atoms with Crippen LogP contribution >= 0.6 is 0 Å². The number of methoxy groups -OCH3 is 1. The van der Waals surface area contributed by atoms with Crippen LogP contribution in [0, 0.1) is 5.82 Å². The largest absolute Gasteiger partial charge is 0.383 e. The molecule has 0 unspecified atom stereocenters. The molecule has 0 heterocycles. The number of nitrogens with zero attached hydrogens (tertiary/aromatic N) is 1. The van der Waals surface area contributed by atoms with Crippen molar-refractivity contribution in [1.29, 1.82) is 0 Å². The molecule has 102 valence electrons. The van der Waals surface area contributed by atoms with Crippen molar-refractivity contribution >= 4 is 5.69 Å². The maximum atomic E-state index is 13.3. The van der Waals surface area contributed by atoms with Gasteiger partial charge in [-0.3, -0.25) is 0 Å². The zero-order chi connectivity index (χ0) is 13.7. The molecule has 0 saturated heterocycles. The summed E-state index contributed by atoms with van der Waals surface area (Å²) < 4.78 is 18.4. The summed E-state index contributed by atoms with van der Waals surface area (Å²) in [6, 6.07) is 4.90. The molecule has 1 rings (SSSR count). The maximum Gasteiger partial charge on any atom is 0.123 e. The van der Waals surface area contributed by atoms with Crippen molar-refractivity contribution in [3.05, 3.63) is 29.6 Å². The number of nitrogens with two attached hydrogens (primary N) is 1. The fourth-order valence-corrected chi connectivity index (χ4v) is 2.00. The van der Waals surface area contributed by atoms with Gasteiger partial charge in [-0.15, -0.1) is 0 Å². The van der Waals surface area contributed by atoms with E-state index in [0.717, 1.165) is 17.8 Å². The highest BCUT2D eigenvalue weighted by molar-refractivity contribution is 5.55. The third kappa shape index (κ3) is 3.68. The van der Waals surface area contributed by atoms with Gasteiger partial charge in [-0.2, -0.15) is 0 Å². The molecule has 0 aliphatic carbocycles. The lowest BCUT2D eigenvalue weighted by Gasteiger charge is -2.31. The van der Waals surface area contributed by atoms with E-state index in [9.17, 15) is 4.39 Å². The van der Waals surface area contributed by atoms with Gasteiger partial charge in [0.1, 0.15) is 5.82 Å². The van der Waals surface area contributed by atoms with E-state index in [0.29, 0.717) is 12.6 Å². The Bertz CT molecular complexity index is 380. The second-order valence-electron chi connectivity index (χ2n) is 4.77. The van der Waals surface area contributed by atoms with Gasteiger partial charge in [0.05, 0.1) is 6.61 Å². The molecule has 0 aliphatic heterocycles. The monoisotopic (exact) mass is 254 g/mol. The van der Waals surface area contributed by atoms with Crippen molar-refractivity contribution in [1.82, 2.24) is 0 Å². The molecule has 0 aliphatic rings. The number of benzene rings is 1. The van der Waals surface area contributed by atoms with Crippen LogP contribution in [0.5, 0.6) is 0 Å². The van der Waals surface area contributed by atoms with Crippen molar-refractivity contribution in [3.8, 4) is 0 Å². The SMILES string of the molecule is COCCN(c1ccc(F)cc1[C@@H](C)N)C(C)C. The molecule has 1 aromatic carbocycles. The highest BCUT2D eigenvalue weighted by Crippen LogP contribution is 2.27. The first kappa shape index (κ1) is 14.9. The summed E-state index contributed by atoms with van der Waals surface area (Å²) in [5.41, 5.74) is 7.74. The van der Waals surface area contributed by atoms with Gasteiger partial charge in [-0.05, 0) is 44.5 Å². The molecule has 18 heavy (non-hydrogen) atoms. The molecule has 1 aromatic rings. The van der Waals surface area contributed by atoms with Crippen LogP contribution < -0.4 is 10.6 Å². The van der Waals surface area contributed by atoms with Gasteiger partial charge in [-0.25, -0.2) is 4.39 Å². The van der Waals surface area contributed by atoms with Gasteiger partial charge in [0.25, 0.3) is 0 Å². The van der Waals surface area contributed by atoms with Gasteiger partial charge in [0.15, 0.2) is 0 Å². The summed E-state index contributed by atoms with van der Waals surface area (Å²) in [5, 5.41) is 0. The highest BCUT2D eigenvalue weighted by atomic mass is 19.1. The maximum absolute atomic E-state index is 13.3. The molecule has 2 N–H and O–H groups in total. The molecule has 1 atom stereocenters. The minimum absolute atomic E-state index is 0.195. The smallest absolute Gasteiger partial charge is 0.123 e. The molecule has 0 aromatic heterocycles. The molecule has 0 fully saturated rings. The number of halogens is 1. The van der Waals surface area contributed by atoms with E-state index in [4.69, 9.17) is 10.5 Å². The van der Waals surface area contributed by atoms with E-state index in [1.165, 1.54) is 12.1 Å². The second kappa shape index (κ2) is 6.71. The molecular weight excluding hydrogens is 231 g/mol. The fraction of sp³-hybridized carbons (Fsp3) is 0.571. The van der Waals surface area contributed by atoms with Crippen LogP contribution in [0.3, 0.4) is 0 Å². The first-order valence-electron chi connectivity index (χ1n) is 6.28. The van der Waals surface area contributed by atoms with Crippen molar-refractivity contribution in [2.75, 3.05) is 25.2 Å². The molecule has 0 bridgehead atoms. The van der Waals surface area contributed by atoms with E-state index in [1.807, 2.05) is 6.92 Å². The Labute approximate surface area is 109 Å². The molecule has 0 saturated carbocycles. The van der Waals surface area contributed by atoms with Crippen molar-refractivity contribution in [3.63, 3.8) is 0 Å². The van der Waals surface area contributed by atoms with Crippen LogP contribution in [0.4, 0.5) is 10.1 Å². The van der Waals surface area contributed by atoms with E-state index in [2.05, 4.69) is 18.7 Å². The summed E-state index contributed by atoms with van der Waals surface area (Å²) in [6.07, 6.45) is 0. The van der Waals surface area contributed by atoms with E-state index < -0.39 is 0 Å². The number of ether oxygens (including phenoxy) is 1. The van der Waals surface area contributed by atoms with E-state index in [-0.39, 0.29) is 11.9 Å². The molecular formula is C14H23FN2O. The fourth-order valence-electron chi connectivity index (χ4n) is 2.00. The number of anilines is 1. The molecule has 3 nitrogen and oxygen atoms in total. The van der Waals surface area contributed by atoms with Crippen LogP contribution in [-0.4, -0.2) is 26.3 Å². The predicted octanol–water partition coefficient (Wildman–Crippen LogP) is 2.71. The minimum Gasteiger partial charge on any atom is -0.383 e. The zero-order valence-corrected chi connectivity index (χ0v) is 11.6. The molecule has 0 radical (unpaired) electrons. The standard InChI is InChI=1S/C14H23FN2O/c1-10(2)17(7-8-18-4)14-6-5-12(15)9-13(14)11(3)16/h5-6,9-11H,7-8,16H2,1-4H3/t11-/m1/s1. The van der Waals surface area contributed by atoms with Gasteiger partial charge >= 0.3 is 0 Å². The summed E-state index contributed by atoms with van der Waals surface area (Å²) in [4.78, 5) is 2.18. The van der Waals surface area contributed by atoms with E-state index in [1.54, 1.807) is 13.2 Å². The summed E-state index contributed by atoms with van der Waals surface area (Å²) in [6.45, 7) is 7.47. The highest BCUT2D eigenvalue weighted by Gasteiger charge is 2.16. The van der Waals surface area contributed by atoms with Crippen molar-refractivity contribution in [2.45, 2.75) is 32.9 Å². The minimum atomic E-state index is -0.249. The van der Waals surface area contributed by atoms with Crippen LogP contribution in [0.15, 0.2) is 18.2 Å². The Morgan fingerprint density at radius 3 is 2.50 bits per heavy atom. The van der Waals surface area contributed by atoms with Gasteiger partial charge < -0.3 is 15.4 Å². The first-order valence-corrected chi connectivity index (χ1v) is 6.28. The van der Waals surface area contributed by atoms with Crippen LogP contribution in [0.1, 0.15) is 32.4 Å². The van der Waals surface area contributed by atoms with E-state index >= 15 is 0 Å². The zero-order valence-electron chi connectivity index (χ0n) is 11.6. The van der Waals surface area contributed by atoms with Crippen LogP contribution in [0.25, 0.3) is 0 Å². The Kier molecular flexibility index (Phi) is 5.56. The normalized spacial score (nSPS) is 12.8. The second-order valence-corrected chi connectivity index (χ2v) is 4.77. The molecule has 0 amide bonds. The number of rotatable bonds is 6. The Morgan fingerprint density at radius 2 is 2.00 bits per heavy atom. The van der Waals surface area contributed by atoms with Gasteiger partial charge in [0, 0.05) is 31.4 Å². The van der Waals surface area contributed by atoms with Crippen molar-refractivity contribution in [2.24, 2.45) is 5.73 Å². The Hall–Kier alpha value is -1.13. The molecule has 4 heteroatoms. The average Bonchev–Trinajstić information content (AvgIpc) is 2.30. The molecule has 0 spiro atoms. The number of hydrogen-bond acceptors (Lipinski definition) is 3. The van der Waals surface area contributed by atoms with Crippen molar-refractivity contribution < 1.29 is 9.13 Å². The van der Waals surface area contributed by atoms with Crippen LogP contribution in [-0.2, 0) is 4.74 Å². The summed E-state index contributed by atoms with van der Waals surface area (Å²) in [5.74, 6) is -0.249. The third-order valence-corrected chi connectivity index (χ3v) is 2.95. The lowest BCUT2D eigenvalue weighted by Crippen LogP contribution is -2.35. The predicted molar refractivity (Wildman–Crippen MR) is 73.4 cm³/mol. The summed E-state index contributed by atoms with van der Waals surface area (Å²) in [7, 11) is 1.68. The third-order valence-electron chi connectivity index (χ3n) is 2.95. The quantitative estimate of drug-likeness (QED) is 0.848. The summed E-state index contributed by atoms with van der Waals surface area (Å²) >= 11 is 0. The lowest BCUT2D eigenvalue weighted by molar-refractivity contribution is 0.203. The topological polar surface area (TPSA) is 38.5 Å².